The van der Waals surface area contributed by atoms with Crippen molar-refractivity contribution in [1.82, 2.24) is 0 Å². The van der Waals surface area contributed by atoms with Crippen molar-refractivity contribution in [1.29, 1.82) is 0 Å². The van der Waals surface area contributed by atoms with Gasteiger partial charge in [0.05, 0.1) is 0 Å². The number of hydrogen-bond acceptors (Lipinski definition) is 1. The molecule has 0 aliphatic carbocycles. The van der Waals surface area contributed by atoms with Crippen molar-refractivity contribution in [3.05, 3.63) is 70.2 Å². The lowest BCUT2D eigenvalue weighted by atomic mass is 10.0. The third-order valence-electron chi connectivity index (χ3n) is 3.63. The first-order valence-corrected chi connectivity index (χ1v) is 8.58. The molecule has 0 aliphatic rings. The summed E-state index contributed by atoms with van der Waals surface area (Å²) in [5.74, 6) is 0. The first-order valence-electron chi connectivity index (χ1n) is 6.60. The van der Waals surface area contributed by atoms with Gasteiger partial charge in [-0.1, -0.05) is 63.9 Å². The second-order valence-corrected chi connectivity index (χ2v) is 7.28. The first kappa shape index (κ1) is 13.3. The highest BCUT2D eigenvalue weighted by atomic mass is 79.9. The molecule has 102 valence electrons. The lowest BCUT2D eigenvalue weighted by Gasteiger charge is -2.04. The van der Waals surface area contributed by atoms with Gasteiger partial charge in [-0.25, -0.2) is 0 Å². The van der Waals surface area contributed by atoms with E-state index in [1.807, 2.05) is 12.1 Å². The van der Waals surface area contributed by atoms with Gasteiger partial charge in [0.25, 0.3) is 0 Å². The summed E-state index contributed by atoms with van der Waals surface area (Å²) in [6.07, 6.45) is 0. The van der Waals surface area contributed by atoms with Gasteiger partial charge in [0.1, 0.15) is 0 Å². The van der Waals surface area contributed by atoms with Crippen LogP contribution in [0.4, 0.5) is 0 Å². The van der Waals surface area contributed by atoms with E-state index in [0.717, 1.165) is 14.9 Å². The minimum absolute atomic E-state index is 0.826. The monoisotopic (exact) mass is 372 g/mol. The quantitative estimate of drug-likeness (QED) is 0.332. The predicted molar refractivity (Wildman–Crippen MR) is 97.5 cm³/mol. The van der Waals surface area contributed by atoms with Gasteiger partial charge in [0.15, 0.2) is 0 Å². The Balaban J connectivity index is 2.09. The Kier molecular flexibility index (Phi) is 3.26. The van der Waals surface area contributed by atoms with Crippen LogP contribution < -0.4 is 0 Å². The summed E-state index contributed by atoms with van der Waals surface area (Å²) in [5.41, 5.74) is 2.49. The van der Waals surface area contributed by atoms with Crippen molar-refractivity contribution in [2.24, 2.45) is 0 Å². The SMILES string of the molecule is Clc1cccc2sc3c(-c4ccc(Br)cc4)cccc3c12. The molecule has 0 unspecified atom stereocenters. The van der Waals surface area contributed by atoms with Gasteiger partial charge >= 0.3 is 0 Å². The van der Waals surface area contributed by atoms with Gasteiger partial charge in [-0.3, -0.25) is 0 Å². The van der Waals surface area contributed by atoms with E-state index in [-0.39, 0.29) is 0 Å². The molecular formula is C18H10BrClS. The molecule has 0 spiro atoms. The van der Waals surface area contributed by atoms with Crippen LogP contribution in [-0.2, 0) is 0 Å². The standard InChI is InChI=1S/C18H10BrClS/c19-12-9-7-11(8-10-12)13-3-1-4-14-17-15(20)5-2-6-16(17)21-18(13)14/h1-10H. The fourth-order valence-electron chi connectivity index (χ4n) is 2.66. The van der Waals surface area contributed by atoms with E-state index in [0.29, 0.717) is 0 Å². The van der Waals surface area contributed by atoms with Crippen LogP contribution in [-0.4, -0.2) is 0 Å². The Labute approximate surface area is 140 Å². The molecule has 21 heavy (non-hydrogen) atoms. The Morgan fingerprint density at radius 3 is 2.43 bits per heavy atom. The van der Waals surface area contributed by atoms with Crippen molar-refractivity contribution < 1.29 is 0 Å². The van der Waals surface area contributed by atoms with E-state index in [1.165, 1.54) is 25.9 Å². The maximum atomic E-state index is 6.40. The summed E-state index contributed by atoms with van der Waals surface area (Å²) in [7, 11) is 0. The average Bonchev–Trinajstić information content (AvgIpc) is 2.88. The fourth-order valence-corrected chi connectivity index (χ4v) is 4.52. The van der Waals surface area contributed by atoms with Crippen molar-refractivity contribution in [2.75, 3.05) is 0 Å². The summed E-state index contributed by atoms with van der Waals surface area (Å²) in [6, 6.07) is 21.0. The van der Waals surface area contributed by atoms with E-state index in [1.54, 1.807) is 11.3 Å². The third kappa shape index (κ3) is 2.18. The number of halogens is 2. The first-order chi connectivity index (χ1) is 10.2. The van der Waals surface area contributed by atoms with Gasteiger partial charge in [0.2, 0.25) is 0 Å². The van der Waals surface area contributed by atoms with E-state index in [2.05, 4.69) is 64.5 Å². The fraction of sp³-hybridized carbons (Fsp3) is 0. The summed E-state index contributed by atoms with van der Waals surface area (Å²) in [6.45, 7) is 0. The zero-order valence-corrected chi connectivity index (χ0v) is 14.1. The molecule has 4 rings (SSSR count). The summed E-state index contributed by atoms with van der Waals surface area (Å²) in [5, 5.41) is 3.23. The summed E-state index contributed by atoms with van der Waals surface area (Å²) in [4.78, 5) is 0. The van der Waals surface area contributed by atoms with Crippen LogP contribution in [0.5, 0.6) is 0 Å². The highest BCUT2D eigenvalue weighted by Crippen LogP contribution is 2.42. The molecule has 0 N–H and O–H groups in total. The minimum Gasteiger partial charge on any atom is -0.134 e. The van der Waals surface area contributed by atoms with Gasteiger partial charge in [-0.15, -0.1) is 11.3 Å². The lowest BCUT2D eigenvalue weighted by molar-refractivity contribution is 1.63. The van der Waals surface area contributed by atoms with Crippen molar-refractivity contribution in [3.63, 3.8) is 0 Å². The predicted octanol–water partition coefficient (Wildman–Crippen LogP) is 7.14. The van der Waals surface area contributed by atoms with Crippen molar-refractivity contribution in [3.8, 4) is 11.1 Å². The molecule has 0 radical (unpaired) electrons. The zero-order valence-electron chi connectivity index (χ0n) is 10.9. The number of rotatable bonds is 1. The summed E-state index contributed by atoms with van der Waals surface area (Å²) < 4.78 is 3.63. The molecule has 0 atom stereocenters. The molecule has 0 bridgehead atoms. The van der Waals surface area contributed by atoms with Crippen molar-refractivity contribution >= 4 is 59.0 Å². The third-order valence-corrected chi connectivity index (χ3v) is 5.67. The maximum Gasteiger partial charge on any atom is 0.0499 e. The molecule has 3 aromatic carbocycles. The Hall–Kier alpha value is -1.35. The number of hydrogen-bond donors (Lipinski definition) is 0. The average molecular weight is 374 g/mol. The molecule has 0 saturated heterocycles. The molecule has 4 aromatic rings. The number of fused-ring (bicyclic) bond motifs is 3. The highest BCUT2D eigenvalue weighted by molar-refractivity contribution is 9.10. The van der Waals surface area contributed by atoms with Gasteiger partial charge in [-0.05, 0) is 35.4 Å². The number of thiophene rings is 1. The summed E-state index contributed by atoms with van der Waals surface area (Å²) >= 11 is 11.7. The van der Waals surface area contributed by atoms with Crippen LogP contribution in [0.1, 0.15) is 0 Å². The van der Waals surface area contributed by atoms with Crippen LogP contribution >= 0.6 is 38.9 Å². The van der Waals surface area contributed by atoms with Crippen LogP contribution in [0, 0.1) is 0 Å². The number of benzene rings is 3. The Morgan fingerprint density at radius 2 is 1.62 bits per heavy atom. The van der Waals surface area contributed by atoms with E-state index in [4.69, 9.17) is 11.6 Å². The normalized spacial score (nSPS) is 11.3. The van der Waals surface area contributed by atoms with Gasteiger partial charge in [-0.2, -0.15) is 0 Å². The van der Waals surface area contributed by atoms with Crippen molar-refractivity contribution in [2.45, 2.75) is 0 Å². The van der Waals surface area contributed by atoms with Gasteiger partial charge < -0.3 is 0 Å². The van der Waals surface area contributed by atoms with Crippen LogP contribution in [0.3, 0.4) is 0 Å². The van der Waals surface area contributed by atoms with Gasteiger partial charge in [0, 0.05) is 29.7 Å². The lowest BCUT2D eigenvalue weighted by Crippen LogP contribution is -1.77. The van der Waals surface area contributed by atoms with Crippen LogP contribution in [0.15, 0.2) is 65.1 Å². The largest absolute Gasteiger partial charge is 0.134 e. The molecule has 0 nitrogen and oxygen atoms in total. The molecule has 1 heterocycles. The van der Waals surface area contributed by atoms with E-state index >= 15 is 0 Å². The minimum atomic E-state index is 0.826. The topological polar surface area (TPSA) is 0 Å². The molecule has 0 amide bonds. The second-order valence-electron chi connectivity index (χ2n) is 4.90. The van der Waals surface area contributed by atoms with Crippen LogP contribution in [0.2, 0.25) is 5.02 Å². The second kappa shape index (κ2) is 5.13. The highest BCUT2D eigenvalue weighted by Gasteiger charge is 2.12. The molecule has 0 aliphatic heterocycles. The molecular weight excluding hydrogens is 364 g/mol. The Morgan fingerprint density at radius 1 is 0.857 bits per heavy atom. The molecule has 1 aromatic heterocycles. The Bertz CT molecular complexity index is 954. The molecule has 3 heteroatoms. The van der Waals surface area contributed by atoms with E-state index in [9.17, 15) is 0 Å². The van der Waals surface area contributed by atoms with Crippen LogP contribution in [0.25, 0.3) is 31.3 Å². The molecule has 0 saturated carbocycles. The maximum absolute atomic E-state index is 6.40. The zero-order chi connectivity index (χ0) is 14.4. The smallest absolute Gasteiger partial charge is 0.0499 e. The van der Waals surface area contributed by atoms with E-state index < -0.39 is 0 Å². The molecule has 0 fully saturated rings.